The first kappa shape index (κ1) is 11.7. The Morgan fingerprint density at radius 2 is 2.24 bits per heavy atom. The molecule has 0 spiro atoms. The molecule has 0 aliphatic carbocycles. The van der Waals surface area contributed by atoms with Crippen molar-refractivity contribution in [2.24, 2.45) is 7.05 Å². The predicted molar refractivity (Wildman–Crippen MR) is 60.0 cm³/mol. The first-order valence-electron chi connectivity index (χ1n) is 4.42. The third-order valence-corrected chi connectivity index (χ3v) is 3.65. The van der Waals surface area contributed by atoms with Gasteiger partial charge in [0.15, 0.2) is 5.03 Å². The van der Waals surface area contributed by atoms with Crippen molar-refractivity contribution in [2.45, 2.75) is 5.03 Å². The smallest absolute Gasteiger partial charge is 0.284 e. The molecule has 90 valence electrons. The second-order valence-electron chi connectivity index (χ2n) is 3.19. The summed E-state index contributed by atoms with van der Waals surface area (Å²) in [7, 11) is -2.30. The van der Waals surface area contributed by atoms with Crippen LogP contribution in [0.3, 0.4) is 0 Å². The number of amides is 1. The number of sulfonamides is 1. The molecule has 1 N–H and O–H groups in total. The Morgan fingerprint density at radius 1 is 1.47 bits per heavy atom. The van der Waals surface area contributed by atoms with E-state index in [1.54, 1.807) is 7.05 Å². The Kier molecular flexibility index (Phi) is 2.94. The van der Waals surface area contributed by atoms with Crippen LogP contribution in [-0.2, 0) is 17.1 Å². The van der Waals surface area contributed by atoms with Crippen LogP contribution in [0.5, 0.6) is 0 Å². The highest BCUT2D eigenvalue weighted by atomic mass is 32.2. The molecular weight excluding hydrogens is 264 g/mol. The van der Waals surface area contributed by atoms with E-state index in [0.29, 0.717) is 0 Å². The van der Waals surface area contributed by atoms with Crippen molar-refractivity contribution in [2.75, 3.05) is 0 Å². The van der Waals surface area contributed by atoms with Gasteiger partial charge >= 0.3 is 0 Å². The SMILES string of the molecule is Cn1cnc(S(=O)(=O)NC(=O)c2cscn2)c1. The lowest BCUT2D eigenvalue weighted by atomic mass is 10.5. The highest BCUT2D eigenvalue weighted by Crippen LogP contribution is 2.06. The fraction of sp³-hybridized carbons (Fsp3) is 0.125. The zero-order chi connectivity index (χ0) is 12.5. The molecule has 0 fully saturated rings. The zero-order valence-electron chi connectivity index (χ0n) is 8.69. The lowest BCUT2D eigenvalue weighted by Gasteiger charge is -2.01. The van der Waals surface area contributed by atoms with Gasteiger partial charge in [-0.05, 0) is 0 Å². The van der Waals surface area contributed by atoms with E-state index in [9.17, 15) is 13.2 Å². The molecule has 9 heteroatoms. The number of carbonyl (C=O) groups is 1. The zero-order valence-corrected chi connectivity index (χ0v) is 10.3. The largest absolute Gasteiger partial charge is 0.339 e. The highest BCUT2D eigenvalue weighted by Gasteiger charge is 2.21. The standard InChI is InChI=1S/C8H8N4O3S2/c1-12-2-7(9-4-12)17(14,15)11-8(13)6-3-16-5-10-6/h2-5H,1H3,(H,11,13). The molecule has 2 rings (SSSR count). The number of hydrogen-bond donors (Lipinski definition) is 1. The predicted octanol–water partition coefficient (Wildman–Crippen LogP) is -0.00470. The van der Waals surface area contributed by atoms with Crippen LogP contribution < -0.4 is 4.72 Å². The fourth-order valence-electron chi connectivity index (χ4n) is 1.08. The van der Waals surface area contributed by atoms with Gasteiger partial charge < -0.3 is 4.57 Å². The molecular formula is C8H8N4O3S2. The third-order valence-electron chi connectivity index (χ3n) is 1.85. The maximum absolute atomic E-state index is 11.7. The maximum atomic E-state index is 11.7. The third kappa shape index (κ3) is 2.50. The summed E-state index contributed by atoms with van der Waals surface area (Å²) in [6, 6.07) is 0. The molecule has 2 aromatic heterocycles. The number of aryl methyl sites for hydroxylation is 1. The second kappa shape index (κ2) is 4.26. The summed E-state index contributed by atoms with van der Waals surface area (Å²) in [5.41, 5.74) is 1.51. The number of carbonyl (C=O) groups excluding carboxylic acids is 1. The van der Waals surface area contributed by atoms with Gasteiger partial charge in [0.1, 0.15) is 5.69 Å². The molecule has 0 atom stereocenters. The van der Waals surface area contributed by atoms with Gasteiger partial charge in [0.05, 0.1) is 11.8 Å². The summed E-state index contributed by atoms with van der Waals surface area (Å²) >= 11 is 1.21. The number of aromatic nitrogens is 3. The monoisotopic (exact) mass is 272 g/mol. The minimum atomic E-state index is -3.93. The van der Waals surface area contributed by atoms with Crippen LogP contribution in [0, 0.1) is 0 Å². The van der Waals surface area contributed by atoms with E-state index < -0.39 is 15.9 Å². The topological polar surface area (TPSA) is 94.0 Å². The normalized spacial score (nSPS) is 11.4. The van der Waals surface area contributed by atoms with E-state index in [2.05, 4.69) is 9.97 Å². The van der Waals surface area contributed by atoms with Gasteiger partial charge in [-0.25, -0.2) is 14.7 Å². The van der Waals surface area contributed by atoms with Crippen LogP contribution in [0.15, 0.2) is 28.4 Å². The van der Waals surface area contributed by atoms with E-state index >= 15 is 0 Å². The molecule has 2 aromatic rings. The molecule has 0 radical (unpaired) electrons. The van der Waals surface area contributed by atoms with Gasteiger partial charge in [0, 0.05) is 18.6 Å². The molecule has 0 saturated heterocycles. The van der Waals surface area contributed by atoms with Gasteiger partial charge in [-0.15, -0.1) is 11.3 Å². The summed E-state index contributed by atoms with van der Waals surface area (Å²) in [5, 5.41) is 1.26. The quantitative estimate of drug-likeness (QED) is 0.848. The molecule has 0 aliphatic heterocycles. The second-order valence-corrected chi connectivity index (χ2v) is 5.53. The minimum absolute atomic E-state index is 0.0644. The average Bonchev–Trinajstić information content (AvgIpc) is 2.86. The molecule has 0 bridgehead atoms. The van der Waals surface area contributed by atoms with Crippen molar-refractivity contribution < 1.29 is 13.2 Å². The van der Waals surface area contributed by atoms with Gasteiger partial charge in [-0.3, -0.25) is 4.79 Å². The van der Waals surface area contributed by atoms with E-state index in [1.807, 2.05) is 4.72 Å². The lowest BCUT2D eigenvalue weighted by Crippen LogP contribution is -2.31. The van der Waals surface area contributed by atoms with E-state index in [-0.39, 0.29) is 10.7 Å². The number of hydrogen-bond acceptors (Lipinski definition) is 6. The van der Waals surface area contributed by atoms with Crippen LogP contribution >= 0.6 is 11.3 Å². The number of thiazole rings is 1. The first-order valence-corrected chi connectivity index (χ1v) is 6.85. The van der Waals surface area contributed by atoms with Crippen molar-refractivity contribution >= 4 is 27.3 Å². The van der Waals surface area contributed by atoms with Gasteiger partial charge in [0.2, 0.25) is 0 Å². The summed E-state index contributed by atoms with van der Waals surface area (Å²) in [6.07, 6.45) is 2.64. The Balaban J connectivity index is 2.21. The Morgan fingerprint density at radius 3 is 2.76 bits per heavy atom. The van der Waals surface area contributed by atoms with Crippen LogP contribution in [0.1, 0.15) is 10.5 Å². The Hall–Kier alpha value is -1.74. The molecule has 0 unspecified atom stereocenters. The molecule has 7 nitrogen and oxygen atoms in total. The number of nitrogens with one attached hydrogen (secondary N) is 1. The fourth-order valence-corrected chi connectivity index (χ4v) is 2.56. The van der Waals surface area contributed by atoms with Crippen LogP contribution in [0.25, 0.3) is 0 Å². The summed E-state index contributed by atoms with van der Waals surface area (Å²) in [6.45, 7) is 0. The maximum Gasteiger partial charge on any atom is 0.284 e. The first-order chi connectivity index (χ1) is 7.99. The molecule has 17 heavy (non-hydrogen) atoms. The van der Waals surface area contributed by atoms with Crippen LogP contribution in [-0.4, -0.2) is 28.9 Å². The van der Waals surface area contributed by atoms with Crippen molar-refractivity contribution in [3.63, 3.8) is 0 Å². The molecule has 0 saturated carbocycles. The number of nitrogens with zero attached hydrogens (tertiary/aromatic N) is 3. The van der Waals surface area contributed by atoms with Crippen LogP contribution in [0.4, 0.5) is 0 Å². The minimum Gasteiger partial charge on any atom is -0.339 e. The number of rotatable bonds is 3. The van der Waals surface area contributed by atoms with Crippen molar-refractivity contribution in [3.8, 4) is 0 Å². The number of imidazole rings is 1. The Bertz CT molecular complexity index is 630. The van der Waals surface area contributed by atoms with Crippen molar-refractivity contribution in [3.05, 3.63) is 29.1 Å². The van der Waals surface area contributed by atoms with E-state index in [0.717, 1.165) is 0 Å². The van der Waals surface area contributed by atoms with Gasteiger partial charge in [-0.2, -0.15) is 8.42 Å². The lowest BCUT2D eigenvalue weighted by molar-refractivity contribution is 0.0977. The highest BCUT2D eigenvalue weighted by molar-refractivity contribution is 7.90. The summed E-state index contributed by atoms with van der Waals surface area (Å²) < 4.78 is 26.8. The summed E-state index contributed by atoms with van der Waals surface area (Å²) in [4.78, 5) is 18.9. The molecule has 0 aliphatic rings. The van der Waals surface area contributed by atoms with E-state index in [4.69, 9.17) is 0 Å². The van der Waals surface area contributed by atoms with E-state index in [1.165, 1.54) is 39.3 Å². The molecule has 0 aromatic carbocycles. The average molecular weight is 272 g/mol. The van der Waals surface area contributed by atoms with Crippen LogP contribution in [0.2, 0.25) is 0 Å². The summed E-state index contributed by atoms with van der Waals surface area (Å²) in [5.74, 6) is -0.767. The molecule has 2 heterocycles. The van der Waals surface area contributed by atoms with Crippen molar-refractivity contribution in [1.82, 2.24) is 19.3 Å². The van der Waals surface area contributed by atoms with Gasteiger partial charge in [0.25, 0.3) is 15.9 Å². The molecule has 1 amide bonds. The van der Waals surface area contributed by atoms with Gasteiger partial charge in [-0.1, -0.05) is 0 Å². The van der Waals surface area contributed by atoms with Crippen molar-refractivity contribution in [1.29, 1.82) is 0 Å². The Labute approximate surface area is 101 Å².